The minimum atomic E-state index is -0.415. The van der Waals surface area contributed by atoms with Gasteiger partial charge in [0.15, 0.2) is 10.8 Å². The number of amides is 1. The van der Waals surface area contributed by atoms with Gasteiger partial charge in [-0.3, -0.25) is 10.1 Å². The summed E-state index contributed by atoms with van der Waals surface area (Å²) in [6.07, 6.45) is 0. The summed E-state index contributed by atoms with van der Waals surface area (Å²) in [4.78, 5) is 21.6. The number of thioether (sulfide) groups is 1. The number of benzene rings is 1. The molecule has 8 nitrogen and oxygen atoms in total. The number of fused-ring (bicyclic) bond motifs is 3. The van der Waals surface area contributed by atoms with Crippen LogP contribution >= 0.6 is 11.8 Å². The molecule has 0 aliphatic rings. The Balaban J connectivity index is 1.66. The van der Waals surface area contributed by atoms with E-state index >= 15 is 0 Å². The molecule has 0 aliphatic heterocycles. The Morgan fingerprint density at radius 3 is 2.85 bits per heavy atom. The molecule has 1 atom stereocenters. The molecule has 26 heavy (non-hydrogen) atoms. The summed E-state index contributed by atoms with van der Waals surface area (Å²) in [7, 11) is 0. The maximum atomic E-state index is 12.4. The standard InChI is InChI=1S/C17H16N6O2S/c1-9-8-14(25-22-9)20-16(24)10(2)26-17-19-13-7-5-4-6-12(13)15-18-11(3)21-23(15)17/h4-8,10H,1-3H3,(H,20,24). The third kappa shape index (κ3) is 3.01. The Morgan fingerprint density at radius 1 is 1.27 bits per heavy atom. The van der Waals surface area contributed by atoms with Crippen molar-refractivity contribution in [3.05, 3.63) is 41.9 Å². The Morgan fingerprint density at radius 2 is 2.08 bits per heavy atom. The lowest BCUT2D eigenvalue weighted by Crippen LogP contribution is -2.22. The Hall–Kier alpha value is -2.94. The smallest absolute Gasteiger partial charge is 0.240 e. The quantitative estimate of drug-likeness (QED) is 0.437. The van der Waals surface area contributed by atoms with Crippen molar-refractivity contribution < 1.29 is 9.32 Å². The molecular formula is C17H16N6O2S. The molecule has 0 fully saturated rings. The molecule has 132 valence electrons. The van der Waals surface area contributed by atoms with Crippen molar-refractivity contribution >= 4 is 40.1 Å². The van der Waals surface area contributed by atoms with E-state index in [0.29, 0.717) is 22.6 Å². The highest BCUT2D eigenvalue weighted by molar-refractivity contribution is 8.00. The van der Waals surface area contributed by atoms with Gasteiger partial charge in [0.05, 0.1) is 16.5 Å². The molecule has 0 saturated carbocycles. The van der Waals surface area contributed by atoms with Crippen molar-refractivity contribution in [1.29, 1.82) is 0 Å². The summed E-state index contributed by atoms with van der Waals surface area (Å²) in [6, 6.07) is 9.42. The van der Waals surface area contributed by atoms with Crippen LogP contribution in [0.2, 0.25) is 0 Å². The molecule has 3 heterocycles. The van der Waals surface area contributed by atoms with Crippen LogP contribution in [0.5, 0.6) is 0 Å². The number of para-hydroxylation sites is 1. The van der Waals surface area contributed by atoms with Gasteiger partial charge in [0.2, 0.25) is 11.8 Å². The zero-order chi connectivity index (χ0) is 18.3. The molecule has 1 amide bonds. The number of carbonyl (C=O) groups is 1. The van der Waals surface area contributed by atoms with Crippen molar-refractivity contribution in [3.63, 3.8) is 0 Å². The lowest BCUT2D eigenvalue weighted by molar-refractivity contribution is -0.115. The largest absolute Gasteiger partial charge is 0.338 e. The normalized spacial score (nSPS) is 12.6. The van der Waals surface area contributed by atoms with Crippen LogP contribution in [0.15, 0.2) is 40.0 Å². The van der Waals surface area contributed by atoms with Crippen LogP contribution in [0, 0.1) is 13.8 Å². The molecule has 1 N–H and O–H groups in total. The van der Waals surface area contributed by atoms with E-state index in [9.17, 15) is 4.79 Å². The topological polar surface area (TPSA) is 98.2 Å². The number of rotatable bonds is 4. The molecular weight excluding hydrogens is 352 g/mol. The molecule has 1 aromatic carbocycles. The zero-order valence-corrected chi connectivity index (χ0v) is 15.2. The predicted molar refractivity (Wildman–Crippen MR) is 98.2 cm³/mol. The summed E-state index contributed by atoms with van der Waals surface area (Å²) in [5.41, 5.74) is 2.25. The van der Waals surface area contributed by atoms with E-state index in [-0.39, 0.29) is 5.91 Å². The lowest BCUT2D eigenvalue weighted by atomic mass is 10.2. The van der Waals surface area contributed by atoms with Crippen molar-refractivity contribution in [2.24, 2.45) is 0 Å². The maximum absolute atomic E-state index is 12.4. The summed E-state index contributed by atoms with van der Waals surface area (Å²) < 4.78 is 6.72. The molecule has 0 spiro atoms. The molecule has 1 unspecified atom stereocenters. The van der Waals surface area contributed by atoms with E-state index in [2.05, 4.69) is 25.5 Å². The Labute approximate surface area is 153 Å². The monoisotopic (exact) mass is 368 g/mol. The molecule has 0 bridgehead atoms. The van der Waals surface area contributed by atoms with Gasteiger partial charge >= 0.3 is 0 Å². The van der Waals surface area contributed by atoms with Crippen molar-refractivity contribution in [1.82, 2.24) is 24.7 Å². The van der Waals surface area contributed by atoms with Crippen LogP contribution in [-0.2, 0) is 4.79 Å². The fraction of sp³-hybridized carbons (Fsp3) is 0.235. The zero-order valence-electron chi connectivity index (χ0n) is 14.4. The van der Waals surface area contributed by atoms with Gasteiger partial charge in [-0.05, 0) is 32.9 Å². The van der Waals surface area contributed by atoms with Crippen LogP contribution in [0.3, 0.4) is 0 Å². The summed E-state index contributed by atoms with van der Waals surface area (Å²) in [5.74, 6) is 0.776. The summed E-state index contributed by atoms with van der Waals surface area (Å²) in [5, 5.41) is 12.0. The summed E-state index contributed by atoms with van der Waals surface area (Å²) >= 11 is 1.31. The third-order valence-electron chi connectivity index (χ3n) is 3.78. The van der Waals surface area contributed by atoms with Gasteiger partial charge in [-0.1, -0.05) is 29.1 Å². The highest BCUT2D eigenvalue weighted by atomic mass is 32.2. The van der Waals surface area contributed by atoms with E-state index in [1.165, 1.54) is 11.8 Å². The van der Waals surface area contributed by atoms with Gasteiger partial charge in [0.1, 0.15) is 5.82 Å². The second kappa shape index (κ2) is 6.41. The number of carbonyl (C=O) groups excluding carboxylic acids is 1. The highest BCUT2D eigenvalue weighted by Crippen LogP contribution is 2.27. The number of anilines is 1. The van der Waals surface area contributed by atoms with Crippen molar-refractivity contribution in [2.75, 3.05) is 5.32 Å². The SMILES string of the molecule is Cc1cc(NC(=O)C(C)Sc2nc3ccccc3c3nc(C)nn23)on1. The van der Waals surface area contributed by atoms with E-state index in [1.807, 2.05) is 31.2 Å². The first kappa shape index (κ1) is 16.5. The van der Waals surface area contributed by atoms with Gasteiger partial charge in [0.25, 0.3) is 0 Å². The number of aryl methyl sites for hydroxylation is 2. The molecule has 9 heteroatoms. The van der Waals surface area contributed by atoms with Crippen molar-refractivity contribution in [3.8, 4) is 0 Å². The first-order chi connectivity index (χ1) is 12.5. The van der Waals surface area contributed by atoms with Crippen LogP contribution in [0.1, 0.15) is 18.4 Å². The average Bonchev–Trinajstić information content (AvgIpc) is 3.20. The molecule has 0 radical (unpaired) electrons. The molecule has 0 aliphatic carbocycles. The van der Waals surface area contributed by atoms with Crippen LogP contribution in [-0.4, -0.2) is 35.9 Å². The average molecular weight is 368 g/mol. The van der Waals surface area contributed by atoms with Crippen LogP contribution in [0.4, 0.5) is 5.88 Å². The molecule has 4 aromatic rings. The Bertz CT molecular complexity index is 1120. The lowest BCUT2D eigenvalue weighted by Gasteiger charge is -2.11. The molecule has 3 aromatic heterocycles. The number of aromatic nitrogens is 5. The van der Waals surface area contributed by atoms with Gasteiger partial charge in [0, 0.05) is 11.5 Å². The highest BCUT2D eigenvalue weighted by Gasteiger charge is 2.20. The molecule has 4 rings (SSSR count). The first-order valence-corrected chi connectivity index (χ1v) is 8.92. The number of hydrogen-bond donors (Lipinski definition) is 1. The van der Waals surface area contributed by atoms with Gasteiger partial charge < -0.3 is 4.52 Å². The van der Waals surface area contributed by atoms with E-state index in [1.54, 1.807) is 24.4 Å². The summed E-state index contributed by atoms with van der Waals surface area (Å²) in [6.45, 7) is 5.43. The molecule has 0 saturated heterocycles. The minimum Gasteiger partial charge on any atom is -0.338 e. The second-order valence-corrected chi connectivity index (χ2v) is 7.20. The number of hydrogen-bond acceptors (Lipinski definition) is 7. The van der Waals surface area contributed by atoms with E-state index < -0.39 is 5.25 Å². The Kier molecular flexibility index (Phi) is 4.08. The second-order valence-electron chi connectivity index (χ2n) is 5.89. The fourth-order valence-electron chi connectivity index (χ4n) is 2.57. The number of nitrogens with zero attached hydrogens (tertiary/aromatic N) is 5. The van der Waals surface area contributed by atoms with Crippen LogP contribution < -0.4 is 5.32 Å². The van der Waals surface area contributed by atoms with E-state index in [0.717, 1.165) is 16.6 Å². The van der Waals surface area contributed by atoms with Crippen LogP contribution in [0.25, 0.3) is 16.6 Å². The van der Waals surface area contributed by atoms with Gasteiger partial charge in [-0.2, -0.15) is 4.52 Å². The first-order valence-electron chi connectivity index (χ1n) is 8.04. The van der Waals surface area contributed by atoms with E-state index in [4.69, 9.17) is 4.52 Å². The number of nitrogens with one attached hydrogen (secondary N) is 1. The fourth-order valence-corrected chi connectivity index (χ4v) is 3.43. The van der Waals surface area contributed by atoms with Crippen molar-refractivity contribution in [2.45, 2.75) is 31.2 Å². The van der Waals surface area contributed by atoms with Gasteiger partial charge in [-0.25, -0.2) is 9.97 Å². The third-order valence-corrected chi connectivity index (χ3v) is 4.82. The van der Waals surface area contributed by atoms with Gasteiger partial charge in [-0.15, -0.1) is 5.10 Å². The maximum Gasteiger partial charge on any atom is 0.240 e. The minimum absolute atomic E-state index is 0.203. The predicted octanol–water partition coefficient (Wildman–Crippen LogP) is 3.00.